The molecule has 2 unspecified atom stereocenters. The number of carbonyl (C=O) groups excluding carboxylic acids is 1. The Morgan fingerprint density at radius 2 is 1.82 bits per heavy atom. The largest absolute Gasteiger partial charge is 0.340 e. The van der Waals surface area contributed by atoms with Crippen molar-refractivity contribution in [2.24, 2.45) is 11.8 Å². The summed E-state index contributed by atoms with van der Waals surface area (Å²) in [5.74, 6) is 1.12. The van der Waals surface area contributed by atoms with E-state index < -0.39 is 0 Å². The minimum Gasteiger partial charge on any atom is -0.340 e. The number of nitrogens with one attached hydrogen (secondary N) is 1. The maximum Gasteiger partial charge on any atom is 0.227 e. The molecule has 4 nitrogen and oxygen atoms in total. The molecule has 2 atom stereocenters. The molecule has 1 aliphatic carbocycles. The summed E-state index contributed by atoms with van der Waals surface area (Å²) in [5, 5.41) is 3.32. The molecule has 3 rings (SSSR count). The zero-order chi connectivity index (χ0) is 11.8. The van der Waals surface area contributed by atoms with Crippen molar-refractivity contribution in [2.75, 3.05) is 39.3 Å². The second kappa shape index (κ2) is 4.58. The smallest absolute Gasteiger partial charge is 0.227 e. The first kappa shape index (κ1) is 11.5. The minimum absolute atomic E-state index is 0.225. The van der Waals surface area contributed by atoms with Gasteiger partial charge in [-0.3, -0.25) is 9.69 Å². The Morgan fingerprint density at radius 3 is 2.35 bits per heavy atom. The average molecular weight is 237 g/mol. The Labute approximate surface area is 103 Å². The summed E-state index contributed by atoms with van der Waals surface area (Å²) in [4.78, 5) is 17.0. The van der Waals surface area contributed by atoms with Crippen LogP contribution in [0.4, 0.5) is 0 Å². The predicted octanol–water partition coefficient (Wildman–Crippen LogP) is 0.149. The van der Waals surface area contributed by atoms with Gasteiger partial charge in [0.1, 0.15) is 0 Å². The van der Waals surface area contributed by atoms with Gasteiger partial charge in [-0.05, 0) is 25.3 Å². The van der Waals surface area contributed by atoms with Gasteiger partial charge in [0.05, 0.1) is 5.92 Å². The third kappa shape index (κ3) is 2.33. The molecule has 1 N–H and O–H groups in total. The molecule has 0 radical (unpaired) electrons. The lowest BCUT2D eigenvalue weighted by atomic mass is 9.96. The Bertz CT molecular complexity index is 295. The van der Waals surface area contributed by atoms with Crippen LogP contribution >= 0.6 is 0 Å². The van der Waals surface area contributed by atoms with E-state index in [0.29, 0.717) is 11.8 Å². The van der Waals surface area contributed by atoms with Gasteiger partial charge < -0.3 is 10.2 Å². The highest BCUT2D eigenvalue weighted by Gasteiger charge is 2.36. The third-order valence-corrected chi connectivity index (χ3v) is 4.52. The van der Waals surface area contributed by atoms with E-state index in [2.05, 4.69) is 22.0 Å². The number of hydrogen-bond acceptors (Lipinski definition) is 3. The molecule has 3 aliphatic rings. The molecule has 1 saturated carbocycles. The Hall–Kier alpha value is -0.610. The average Bonchev–Trinajstić information content (AvgIpc) is 3.12. The molecule has 0 aromatic carbocycles. The van der Waals surface area contributed by atoms with Gasteiger partial charge in [-0.15, -0.1) is 0 Å². The quantitative estimate of drug-likeness (QED) is 0.742. The fourth-order valence-electron chi connectivity index (χ4n) is 3.12. The number of piperazine rings is 1. The van der Waals surface area contributed by atoms with Crippen LogP contribution in [-0.2, 0) is 4.79 Å². The molecule has 2 saturated heterocycles. The van der Waals surface area contributed by atoms with E-state index in [4.69, 9.17) is 0 Å². The molecular formula is C13H23N3O. The van der Waals surface area contributed by atoms with E-state index in [0.717, 1.165) is 45.3 Å². The Morgan fingerprint density at radius 1 is 1.12 bits per heavy atom. The summed E-state index contributed by atoms with van der Waals surface area (Å²) in [5.41, 5.74) is 0. The van der Waals surface area contributed by atoms with E-state index >= 15 is 0 Å². The zero-order valence-electron chi connectivity index (χ0n) is 10.7. The Kier molecular flexibility index (Phi) is 3.09. The van der Waals surface area contributed by atoms with Gasteiger partial charge in [0.15, 0.2) is 0 Å². The molecule has 4 heteroatoms. The van der Waals surface area contributed by atoms with Gasteiger partial charge in [0, 0.05) is 38.8 Å². The second-order valence-electron chi connectivity index (χ2n) is 5.83. The highest BCUT2D eigenvalue weighted by atomic mass is 16.2. The molecule has 0 bridgehead atoms. The first-order chi connectivity index (χ1) is 8.25. The lowest BCUT2D eigenvalue weighted by molar-refractivity contribution is -0.137. The summed E-state index contributed by atoms with van der Waals surface area (Å²) >= 11 is 0. The zero-order valence-corrected chi connectivity index (χ0v) is 10.7. The van der Waals surface area contributed by atoms with E-state index in [1.165, 1.54) is 12.8 Å². The lowest BCUT2D eigenvalue weighted by Gasteiger charge is -2.36. The molecule has 2 aliphatic heterocycles. The van der Waals surface area contributed by atoms with Gasteiger partial charge in [0.2, 0.25) is 5.91 Å². The standard InChI is InChI=1S/C13H23N3O/c1-10-8-14-9-12(10)13(17)16-6-4-15(5-7-16)11-2-3-11/h10-12,14H,2-9H2,1H3. The van der Waals surface area contributed by atoms with Crippen molar-refractivity contribution in [3.8, 4) is 0 Å². The van der Waals surface area contributed by atoms with Crippen molar-refractivity contribution >= 4 is 5.91 Å². The van der Waals surface area contributed by atoms with Crippen molar-refractivity contribution in [3.63, 3.8) is 0 Å². The maximum absolute atomic E-state index is 12.4. The summed E-state index contributed by atoms with van der Waals surface area (Å²) in [6.07, 6.45) is 2.75. The molecule has 0 aromatic heterocycles. The number of amides is 1. The van der Waals surface area contributed by atoms with Crippen LogP contribution in [0.5, 0.6) is 0 Å². The third-order valence-electron chi connectivity index (χ3n) is 4.52. The predicted molar refractivity (Wildman–Crippen MR) is 66.7 cm³/mol. The van der Waals surface area contributed by atoms with E-state index in [9.17, 15) is 4.79 Å². The fourth-order valence-corrected chi connectivity index (χ4v) is 3.12. The maximum atomic E-state index is 12.4. The fraction of sp³-hybridized carbons (Fsp3) is 0.923. The van der Waals surface area contributed by atoms with Crippen LogP contribution in [0.25, 0.3) is 0 Å². The summed E-state index contributed by atoms with van der Waals surface area (Å²) in [6, 6.07) is 0.847. The monoisotopic (exact) mass is 237 g/mol. The van der Waals surface area contributed by atoms with Gasteiger partial charge in [-0.2, -0.15) is 0 Å². The van der Waals surface area contributed by atoms with E-state index in [1.54, 1.807) is 0 Å². The minimum atomic E-state index is 0.225. The van der Waals surface area contributed by atoms with Crippen LogP contribution in [-0.4, -0.2) is 61.0 Å². The van der Waals surface area contributed by atoms with Crippen LogP contribution in [0.3, 0.4) is 0 Å². The van der Waals surface area contributed by atoms with Crippen molar-refractivity contribution in [1.29, 1.82) is 0 Å². The number of rotatable bonds is 2. The highest BCUT2D eigenvalue weighted by molar-refractivity contribution is 5.79. The second-order valence-corrected chi connectivity index (χ2v) is 5.83. The van der Waals surface area contributed by atoms with Crippen LogP contribution in [0.2, 0.25) is 0 Å². The molecule has 2 heterocycles. The Balaban J connectivity index is 1.53. The normalized spacial score (nSPS) is 35.2. The molecule has 17 heavy (non-hydrogen) atoms. The molecule has 0 aromatic rings. The van der Waals surface area contributed by atoms with Crippen LogP contribution in [0.15, 0.2) is 0 Å². The van der Waals surface area contributed by atoms with E-state index in [1.807, 2.05) is 0 Å². The molecular weight excluding hydrogens is 214 g/mol. The topological polar surface area (TPSA) is 35.6 Å². The van der Waals surface area contributed by atoms with Crippen LogP contribution < -0.4 is 5.32 Å². The van der Waals surface area contributed by atoms with Crippen molar-refractivity contribution in [2.45, 2.75) is 25.8 Å². The van der Waals surface area contributed by atoms with Crippen molar-refractivity contribution in [3.05, 3.63) is 0 Å². The molecule has 0 spiro atoms. The highest BCUT2D eigenvalue weighted by Crippen LogP contribution is 2.28. The first-order valence-electron chi connectivity index (χ1n) is 6.99. The number of hydrogen-bond donors (Lipinski definition) is 1. The first-order valence-corrected chi connectivity index (χ1v) is 6.99. The molecule has 3 fully saturated rings. The van der Waals surface area contributed by atoms with E-state index in [-0.39, 0.29) is 5.92 Å². The SMILES string of the molecule is CC1CNCC1C(=O)N1CCN(C2CC2)CC1. The molecule has 1 amide bonds. The number of nitrogens with zero attached hydrogens (tertiary/aromatic N) is 2. The van der Waals surface area contributed by atoms with Crippen LogP contribution in [0.1, 0.15) is 19.8 Å². The van der Waals surface area contributed by atoms with Gasteiger partial charge >= 0.3 is 0 Å². The summed E-state index contributed by atoms with van der Waals surface area (Å²) < 4.78 is 0. The summed E-state index contributed by atoms with van der Waals surface area (Å²) in [6.45, 7) is 8.12. The lowest BCUT2D eigenvalue weighted by Crippen LogP contribution is -2.51. The number of carbonyl (C=O) groups is 1. The summed E-state index contributed by atoms with van der Waals surface area (Å²) in [7, 11) is 0. The van der Waals surface area contributed by atoms with Gasteiger partial charge in [-0.1, -0.05) is 6.92 Å². The van der Waals surface area contributed by atoms with Gasteiger partial charge in [-0.25, -0.2) is 0 Å². The molecule has 96 valence electrons. The van der Waals surface area contributed by atoms with Crippen molar-refractivity contribution in [1.82, 2.24) is 15.1 Å². The van der Waals surface area contributed by atoms with Gasteiger partial charge in [0.25, 0.3) is 0 Å². The van der Waals surface area contributed by atoms with Crippen molar-refractivity contribution < 1.29 is 4.79 Å². The van der Waals surface area contributed by atoms with Crippen LogP contribution in [0, 0.1) is 11.8 Å².